The van der Waals surface area contributed by atoms with E-state index in [4.69, 9.17) is 0 Å². The standard InChI is InChI=1S/C13H12F3NO2S2/c14-13(15,16)21(18,19)12-5-3-10(4-6-12)17-8-7-11-2-1-9-20-11/h1-6,9,17H,7-8H2. The average molecular weight is 335 g/mol. The SMILES string of the molecule is O=S(=O)(c1ccc(NCCc2cccs2)cc1)C(F)(F)F. The van der Waals surface area contributed by atoms with E-state index in [-0.39, 0.29) is 0 Å². The van der Waals surface area contributed by atoms with Crippen LogP contribution in [0.4, 0.5) is 18.9 Å². The van der Waals surface area contributed by atoms with Crippen molar-refractivity contribution in [2.24, 2.45) is 0 Å². The van der Waals surface area contributed by atoms with Gasteiger partial charge in [-0.15, -0.1) is 11.3 Å². The fourth-order valence-electron chi connectivity index (χ4n) is 1.67. The summed E-state index contributed by atoms with van der Waals surface area (Å²) in [5.41, 5.74) is -4.70. The van der Waals surface area contributed by atoms with Crippen LogP contribution in [0.15, 0.2) is 46.7 Å². The molecule has 0 aliphatic heterocycles. The number of benzene rings is 1. The molecule has 21 heavy (non-hydrogen) atoms. The number of sulfone groups is 1. The zero-order chi connectivity index (χ0) is 15.5. The van der Waals surface area contributed by atoms with Gasteiger partial charge >= 0.3 is 5.51 Å². The summed E-state index contributed by atoms with van der Waals surface area (Å²) in [7, 11) is -5.28. The third kappa shape index (κ3) is 3.76. The summed E-state index contributed by atoms with van der Waals surface area (Å²) >= 11 is 1.62. The predicted molar refractivity (Wildman–Crippen MR) is 76.2 cm³/mol. The van der Waals surface area contributed by atoms with Crippen LogP contribution < -0.4 is 5.32 Å². The Balaban J connectivity index is 1.99. The van der Waals surface area contributed by atoms with E-state index in [9.17, 15) is 21.6 Å². The second-order valence-electron chi connectivity index (χ2n) is 4.23. The molecule has 0 saturated carbocycles. The van der Waals surface area contributed by atoms with Crippen LogP contribution in [0.5, 0.6) is 0 Å². The Morgan fingerprint density at radius 1 is 1.10 bits per heavy atom. The maximum Gasteiger partial charge on any atom is 0.501 e. The zero-order valence-corrected chi connectivity index (χ0v) is 12.4. The van der Waals surface area contributed by atoms with Crippen molar-refractivity contribution < 1.29 is 21.6 Å². The number of hydrogen-bond donors (Lipinski definition) is 1. The monoisotopic (exact) mass is 335 g/mol. The van der Waals surface area contributed by atoms with Crippen molar-refractivity contribution in [2.75, 3.05) is 11.9 Å². The van der Waals surface area contributed by atoms with Crippen LogP contribution in [0.1, 0.15) is 4.88 Å². The predicted octanol–water partition coefficient (Wildman–Crippen LogP) is 3.70. The molecule has 2 aromatic rings. The molecule has 1 aromatic carbocycles. The van der Waals surface area contributed by atoms with Crippen LogP contribution in [0.25, 0.3) is 0 Å². The fraction of sp³-hybridized carbons (Fsp3) is 0.231. The third-order valence-electron chi connectivity index (χ3n) is 2.75. The van der Waals surface area contributed by atoms with Crippen LogP contribution in [0.3, 0.4) is 0 Å². The Bertz CT molecular complexity index is 677. The van der Waals surface area contributed by atoms with Gasteiger partial charge < -0.3 is 5.32 Å². The van der Waals surface area contributed by atoms with E-state index in [2.05, 4.69) is 5.32 Å². The number of anilines is 1. The molecular formula is C13H12F3NO2S2. The van der Waals surface area contributed by atoms with Crippen molar-refractivity contribution in [1.82, 2.24) is 0 Å². The summed E-state index contributed by atoms with van der Waals surface area (Å²) < 4.78 is 59.5. The summed E-state index contributed by atoms with van der Waals surface area (Å²) in [5, 5.41) is 5.00. The van der Waals surface area contributed by atoms with E-state index in [1.54, 1.807) is 11.3 Å². The second kappa shape index (κ2) is 6.07. The van der Waals surface area contributed by atoms with Crippen molar-refractivity contribution in [2.45, 2.75) is 16.8 Å². The molecule has 8 heteroatoms. The van der Waals surface area contributed by atoms with E-state index in [0.29, 0.717) is 12.2 Å². The van der Waals surface area contributed by atoms with Crippen molar-refractivity contribution in [1.29, 1.82) is 0 Å². The third-order valence-corrected chi connectivity index (χ3v) is 5.19. The molecule has 0 atom stereocenters. The lowest BCUT2D eigenvalue weighted by atomic mass is 10.3. The largest absolute Gasteiger partial charge is 0.501 e. The van der Waals surface area contributed by atoms with Crippen LogP contribution in [-0.4, -0.2) is 20.5 Å². The first-order valence-electron chi connectivity index (χ1n) is 5.98. The molecule has 0 fully saturated rings. The van der Waals surface area contributed by atoms with E-state index in [0.717, 1.165) is 18.6 Å². The van der Waals surface area contributed by atoms with Crippen molar-refractivity contribution >= 4 is 26.9 Å². The van der Waals surface area contributed by atoms with E-state index >= 15 is 0 Å². The van der Waals surface area contributed by atoms with Crippen LogP contribution in [0.2, 0.25) is 0 Å². The van der Waals surface area contributed by atoms with Crippen molar-refractivity contribution in [3.05, 3.63) is 46.7 Å². The quantitative estimate of drug-likeness (QED) is 0.906. The molecule has 2 rings (SSSR count). The van der Waals surface area contributed by atoms with E-state index in [1.165, 1.54) is 17.0 Å². The van der Waals surface area contributed by atoms with Gasteiger partial charge in [-0.3, -0.25) is 0 Å². The molecule has 1 heterocycles. The minimum Gasteiger partial charge on any atom is -0.385 e. The highest BCUT2D eigenvalue weighted by Crippen LogP contribution is 2.30. The number of hydrogen-bond acceptors (Lipinski definition) is 4. The van der Waals surface area contributed by atoms with Gasteiger partial charge in [0.05, 0.1) is 4.90 Å². The van der Waals surface area contributed by atoms with E-state index in [1.807, 2.05) is 17.5 Å². The van der Waals surface area contributed by atoms with Crippen molar-refractivity contribution in [3.63, 3.8) is 0 Å². The number of thiophene rings is 1. The summed E-state index contributed by atoms with van der Waals surface area (Å²) in [5.74, 6) is 0. The van der Waals surface area contributed by atoms with Gasteiger partial charge in [0.15, 0.2) is 0 Å². The Morgan fingerprint density at radius 3 is 2.29 bits per heavy atom. The Labute approximate surface area is 124 Å². The molecule has 0 spiro atoms. The fourth-order valence-corrected chi connectivity index (χ4v) is 3.14. The molecule has 0 radical (unpaired) electrons. The first-order chi connectivity index (χ1) is 9.80. The molecule has 0 amide bonds. The minimum atomic E-state index is -5.28. The lowest BCUT2D eigenvalue weighted by Crippen LogP contribution is -2.23. The molecule has 114 valence electrons. The normalized spacial score (nSPS) is 12.3. The second-order valence-corrected chi connectivity index (χ2v) is 7.20. The maximum atomic E-state index is 12.4. The Hall–Kier alpha value is -1.54. The Morgan fingerprint density at radius 2 is 1.76 bits per heavy atom. The van der Waals surface area contributed by atoms with Gasteiger partial charge in [-0.2, -0.15) is 13.2 Å². The first-order valence-corrected chi connectivity index (χ1v) is 8.34. The molecule has 0 saturated heterocycles. The number of rotatable bonds is 5. The smallest absolute Gasteiger partial charge is 0.385 e. The van der Waals surface area contributed by atoms with Gasteiger partial charge in [0.2, 0.25) is 0 Å². The van der Waals surface area contributed by atoms with E-state index < -0.39 is 20.2 Å². The first kappa shape index (κ1) is 15.8. The summed E-state index contributed by atoms with van der Waals surface area (Å²) in [4.78, 5) is 0.442. The molecule has 0 unspecified atom stereocenters. The number of halogens is 3. The van der Waals surface area contributed by atoms with Crippen molar-refractivity contribution in [3.8, 4) is 0 Å². The molecule has 0 aliphatic carbocycles. The molecule has 0 bridgehead atoms. The zero-order valence-electron chi connectivity index (χ0n) is 10.7. The molecule has 0 aliphatic rings. The van der Waals surface area contributed by atoms with Crippen LogP contribution in [-0.2, 0) is 16.3 Å². The van der Waals surface area contributed by atoms with Gasteiger partial charge in [0, 0.05) is 17.1 Å². The van der Waals surface area contributed by atoms with Gasteiger partial charge in [-0.25, -0.2) is 8.42 Å². The van der Waals surface area contributed by atoms with Gasteiger partial charge in [0.25, 0.3) is 9.84 Å². The topological polar surface area (TPSA) is 46.2 Å². The summed E-state index contributed by atoms with van der Waals surface area (Å²) in [6.07, 6.45) is 0.792. The van der Waals surface area contributed by atoms with Crippen LogP contribution in [0, 0.1) is 0 Å². The molecular weight excluding hydrogens is 323 g/mol. The maximum absolute atomic E-state index is 12.4. The van der Waals surface area contributed by atoms with Gasteiger partial charge in [-0.05, 0) is 42.1 Å². The lowest BCUT2D eigenvalue weighted by Gasteiger charge is -2.09. The van der Waals surface area contributed by atoms with Crippen LogP contribution >= 0.6 is 11.3 Å². The highest BCUT2D eigenvalue weighted by molar-refractivity contribution is 7.92. The molecule has 1 aromatic heterocycles. The number of nitrogens with one attached hydrogen (secondary N) is 1. The highest BCUT2D eigenvalue weighted by Gasteiger charge is 2.46. The van der Waals surface area contributed by atoms with Gasteiger partial charge in [0.1, 0.15) is 0 Å². The summed E-state index contributed by atoms with van der Waals surface area (Å²) in [6.45, 7) is 0.617. The Kier molecular flexibility index (Phi) is 4.58. The van der Waals surface area contributed by atoms with Gasteiger partial charge in [-0.1, -0.05) is 6.07 Å². The highest BCUT2D eigenvalue weighted by atomic mass is 32.2. The number of alkyl halides is 3. The summed E-state index contributed by atoms with van der Waals surface area (Å²) in [6, 6.07) is 8.49. The minimum absolute atomic E-state index is 0.577. The molecule has 3 nitrogen and oxygen atoms in total. The lowest BCUT2D eigenvalue weighted by molar-refractivity contribution is -0.0436. The average Bonchev–Trinajstić information content (AvgIpc) is 2.91. The molecule has 1 N–H and O–H groups in total.